The molecule has 0 bridgehead atoms. The Balaban J connectivity index is 2.70. The number of aryl methyl sites for hydroxylation is 3. The molecule has 0 aliphatic rings. The van der Waals surface area contributed by atoms with Crippen molar-refractivity contribution in [2.75, 3.05) is 0 Å². The molecule has 21 heavy (non-hydrogen) atoms. The number of aromatic nitrogens is 1. The molecule has 0 spiro atoms. The van der Waals surface area contributed by atoms with Crippen LogP contribution in [0.25, 0.3) is 21.8 Å². The largest absolute Gasteiger partial charge is 0.247 e. The van der Waals surface area contributed by atoms with Crippen LogP contribution in [0.2, 0.25) is 0 Å². The Labute approximate surface area is 127 Å². The van der Waals surface area contributed by atoms with Gasteiger partial charge in [0.2, 0.25) is 0 Å². The second-order valence-corrected chi connectivity index (χ2v) is 7.13. The van der Waals surface area contributed by atoms with Gasteiger partial charge in [0.1, 0.15) is 0 Å². The van der Waals surface area contributed by atoms with Crippen LogP contribution in [-0.2, 0) is 5.41 Å². The monoisotopic (exact) mass is 277 g/mol. The van der Waals surface area contributed by atoms with Crippen molar-refractivity contribution in [3.63, 3.8) is 0 Å². The first-order valence-corrected chi connectivity index (χ1v) is 7.60. The van der Waals surface area contributed by atoms with Crippen molar-refractivity contribution in [1.29, 1.82) is 0 Å². The van der Waals surface area contributed by atoms with Crippen LogP contribution >= 0.6 is 0 Å². The average molecular weight is 277 g/mol. The summed E-state index contributed by atoms with van der Waals surface area (Å²) in [5.74, 6) is 0. The summed E-state index contributed by atoms with van der Waals surface area (Å²) in [5.41, 5.74) is 7.67. The van der Waals surface area contributed by atoms with Crippen LogP contribution in [-0.4, -0.2) is 4.98 Å². The average Bonchev–Trinajstić information content (AvgIpc) is 2.40. The van der Waals surface area contributed by atoms with Crippen molar-refractivity contribution in [2.24, 2.45) is 0 Å². The van der Waals surface area contributed by atoms with Gasteiger partial charge in [0, 0.05) is 10.8 Å². The van der Waals surface area contributed by atoms with E-state index >= 15 is 0 Å². The Hall–Kier alpha value is -1.89. The maximum Gasteiger partial charge on any atom is 0.0744 e. The second kappa shape index (κ2) is 4.56. The first kappa shape index (κ1) is 14.1. The maximum absolute atomic E-state index is 4.97. The Morgan fingerprint density at radius 3 is 2.05 bits per heavy atom. The highest BCUT2D eigenvalue weighted by Crippen LogP contribution is 2.39. The van der Waals surface area contributed by atoms with E-state index in [0.29, 0.717) is 0 Å². The van der Waals surface area contributed by atoms with Gasteiger partial charge in [-0.3, -0.25) is 0 Å². The standard InChI is InChI=1S/C20H23N/c1-12-8-7-9-15-16(12)18(20(4,5)6)17-13(2)10-11-14(3)19(17)21-15/h7-11H,1-6H3. The lowest BCUT2D eigenvalue weighted by Crippen LogP contribution is -2.14. The molecule has 0 saturated carbocycles. The number of nitrogens with zero attached hydrogens (tertiary/aromatic N) is 1. The molecular formula is C20H23N. The van der Waals surface area contributed by atoms with Crippen LogP contribution in [0.1, 0.15) is 43.0 Å². The van der Waals surface area contributed by atoms with Gasteiger partial charge in [0.05, 0.1) is 11.0 Å². The number of pyridine rings is 1. The fraction of sp³-hybridized carbons (Fsp3) is 0.350. The smallest absolute Gasteiger partial charge is 0.0744 e. The first-order chi connectivity index (χ1) is 9.80. The van der Waals surface area contributed by atoms with E-state index in [0.717, 1.165) is 11.0 Å². The fourth-order valence-corrected chi connectivity index (χ4v) is 3.32. The minimum Gasteiger partial charge on any atom is -0.247 e. The van der Waals surface area contributed by atoms with Gasteiger partial charge in [-0.05, 0) is 54.5 Å². The van der Waals surface area contributed by atoms with Crippen LogP contribution in [0.5, 0.6) is 0 Å². The summed E-state index contributed by atoms with van der Waals surface area (Å²) >= 11 is 0. The first-order valence-electron chi connectivity index (χ1n) is 7.60. The summed E-state index contributed by atoms with van der Waals surface area (Å²) in [6.07, 6.45) is 0. The third-order valence-electron chi connectivity index (χ3n) is 4.32. The summed E-state index contributed by atoms with van der Waals surface area (Å²) in [6.45, 7) is 13.4. The minimum absolute atomic E-state index is 0.0874. The molecule has 0 radical (unpaired) electrons. The molecular weight excluding hydrogens is 254 g/mol. The van der Waals surface area contributed by atoms with Gasteiger partial charge in [-0.1, -0.05) is 45.0 Å². The zero-order valence-corrected chi connectivity index (χ0v) is 13.8. The molecule has 0 aliphatic heterocycles. The van der Waals surface area contributed by atoms with Gasteiger partial charge in [-0.25, -0.2) is 4.98 Å². The van der Waals surface area contributed by atoms with E-state index in [1.54, 1.807) is 0 Å². The zero-order valence-electron chi connectivity index (χ0n) is 13.8. The molecule has 1 aromatic heterocycles. The highest BCUT2D eigenvalue weighted by atomic mass is 14.7. The second-order valence-electron chi connectivity index (χ2n) is 7.13. The van der Waals surface area contributed by atoms with Crippen molar-refractivity contribution in [1.82, 2.24) is 4.98 Å². The summed E-state index contributed by atoms with van der Waals surface area (Å²) in [6, 6.07) is 10.8. The number of hydrogen-bond donors (Lipinski definition) is 0. The molecule has 0 saturated heterocycles. The molecule has 2 aromatic carbocycles. The normalized spacial score (nSPS) is 12.3. The molecule has 1 nitrogen and oxygen atoms in total. The minimum atomic E-state index is 0.0874. The van der Waals surface area contributed by atoms with Gasteiger partial charge in [-0.15, -0.1) is 0 Å². The lowest BCUT2D eigenvalue weighted by atomic mass is 9.79. The Bertz CT molecular complexity index is 851. The number of benzene rings is 2. The SMILES string of the molecule is Cc1ccc(C)c2c(C(C)(C)C)c3c(C)cccc3nc12. The third-order valence-corrected chi connectivity index (χ3v) is 4.32. The van der Waals surface area contributed by atoms with Gasteiger partial charge in [0.15, 0.2) is 0 Å². The Morgan fingerprint density at radius 1 is 0.762 bits per heavy atom. The molecule has 0 amide bonds. The molecule has 1 heterocycles. The van der Waals surface area contributed by atoms with E-state index in [1.165, 1.54) is 33.0 Å². The van der Waals surface area contributed by atoms with Crippen molar-refractivity contribution >= 4 is 21.8 Å². The van der Waals surface area contributed by atoms with E-state index in [2.05, 4.69) is 71.9 Å². The highest BCUT2D eigenvalue weighted by Gasteiger charge is 2.23. The number of rotatable bonds is 0. The van der Waals surface area contributed by atoms with Gasteiger partial charge in [0.25, 0.3) is 0 Å². The lowest BCUT2D eigenvalue weighted by Gasteiger charge is -2.26. The van der Waals surface area contributed by atoms with E-state index in [1.807, 2.05) is 0 Å². The molecule has 0 fully saturated rings. The van der Waals surface area contributed by atoms with Gasteiger partial charge >= 0.3 is 0 Å². The lowest BCUT2D eigenvalue weighted by molar-refractivity contribution is 0.600. The fourth-order valence-electron chi connectivity index (χ4n) is 3.32. The summed E-state index contributed by atoms with van der Waals surface area (Å²) < 4.78 is 0. The summed E-state index contributed by atoms with van der Waals surface area (Å²) in [7, 11) is 0. The quantitative estimate of drug-likeness (QED) is 0.487. The van der Waals surface area contributed by atoms with E-state index in [4.69, 9.17) is 4.98 Å². The maximum atomic E-state index is 4.97. The van der Waals surface area contributed by atoms with Crippen LogP contribution in [0, 0.1) is 20.8 Å². The summed E-state index contributed by atoms with van der Waals surface area (Å²) in [4.78, 5) is 4.97. The topological polar surface area (TPSA) is 12.9 Å². The molecule has 108 valence electrons. The molecule has 3 rings (SSSR count). The van der Waals surface area contributed by atoms with E-state index in [9.17, 15) is 0 Å². The van der Waals surface area contributed by atoms with Crippen molar-refractivity contribution in [3.8, 4) is 0 Å². The third kappa shape index (κ3) is 2.12. The molecule has 0 atom stereocenters. The van der Waals surface area contributed by atoms with Crippen LogP contribution in [0.4, 0.5) is 0 Å². The number of fused-ring (bicyclic) bond motifs is 2. The Morgan fingerprint density at radius 2 is 1.38 bits per heavy atom. The predicted octanol–water partition coefficient (Wildman–Crippen LogP) is 5.61. The Kier molecular flexibility index (Phi) is 3.05. The van der Waals surface area contributed by atoms with Gasteiger partial charge < -0.3 is 0 Å². The molecule has 1 heteroatoms. The van der Waals surface area contributed by atoms with Crippen LogP contribution < -0.4 is 0 Å². The van der Waals surface area contributed by atoms with Crippen molar-refractivity contribution < 1.29 is 0 Å². The van der Waals surface area contributed by atoms with Crippen molar-refractivity contribution in [2.45, 2.75) is 47.0 Å². The van der Waals surface area contributed by atoms with Crippen LogP contribution in [0.3, 0.4) is 0 Å². The van der Waals surface area contributed by atoms with Crippen molar-refractivity contribution in [3.05, 3.63) is 52.6 Å². The van der Waals surface area contributed by atoms with E-state index in [-0.39, 0.29) is 5.41 Å². The van der Waals surface area contributed by atoms with E-state index < -0.39 is 0 Å². The number of hydrogen-bond acceptors (Lipinski definition) is 1. The van der Waals surface area contributed by atoms with Gasteiger partial charge in [-0.2, -0.15) is 0 Å². The molecule has 3 aromatic rings. The highest BCUT2D eigenvalue weighted by molar-refractivity contribution is 6.02. The predicted molar refractivity (Wildman–Crippen MR) is 92.2 cm³/mol. The molecule has 0 unspecified atom stereocenters. The zero-order chi connectivity index (χ0) is 15.4. The van der Waals surface area contributed by atoms with Crippen LogP contribution in [0.15, 0.2) is 30.3 Å². The molecule has 0 N–H and O–H groups in total. The summed E-state index contributed by atoms with van der Waals surface area (Å²) in [5, 5.41) is 2.66. The molecule has 0 aliphatic carbocycles.